The van der Waals surface area contributed by atoms with E-state index in [1.165, 1.54) is 0 Å². The Hall–Kier alpha value is -2.46. The smallest absolute Gasteiger partial charge is 0.245 e. The van der Waals surface area contributed by atoms with Crippen LogP contribution in [0.25, 0.3) is 0 Å². The van der Waals surface area contributed by atoms with Crippen LogP contribution in [-0.2, 0) is 0 Å². The highest BCUT2D eigenvalue weighted by Crippen LogP contribution is 2.39. The predicted molar refractivity (Wildman–Crippen MR) is 87.5 cm³/mol. The molecule has 2 aromatic heterocycles. The van der Waals surface area contributed by atoms with Crippen LogP contribution in [0.5, 0.6) is 0 Å². The molecule has 0 aromatic carbocycles. The zero-order valence-electron chi connectivity index (χ0n) is 13.9. The van der Waals surface area contributed by atoms with Gasteiger partial charge in [-0.2, -0.15) is 10.2 Å². The third-order valence-corrected chi connectivity index (χ3v) is 4.88. The summed E-state index contributed by atoms with van der Waals surface area (Å²) in [6.07, 6.45) is 4.07. The minimum absolute atomic E-state index is 0.0209. The zero-order chi connectivity index (χ0) is 16.7. The highest BCUT2D eigenvalue weighted by Gasteiger charge is 2.34. The summed E-state index contributed by atoms with van der Waals surface area (Å²) in [4.78, 5) is 13.4. The fourth-order valence-corrected chi connectivity index (χ4v) is 3.14. The van der Waals surface area contributed by atoms with E-state index in [2.05, 4.69) is 38.0 Å². The molecule has 1 aliphatic heterocycles. The van der Waals surface area contributed by atoms with Gasteiger partial charge in [0.15, 0.2) is 5.82 Å². The Morgan fingerprint density at radius 3 is 2.92 bits per heavy atom. The summed E-state index contributed by atoms with van der Waals surface area (Å²) in [7, 11) is 2.07. The van der Waals surface area contributed by atoms with Crippen LogP contribution in [-0.4, -0.2) is 46.7 Å². The lowest BCUT2D eigenvalue weighted by Gasteiger charge is -2.38. The Kier molecular flexibility index (Phi) is 3.69. The summed E-state index contributed by atoms with van der Waals surface area (Å²) < 4.78 is 5.53. The van der Waals surface area contributed by atoms with E-state index in [9.17, 15) is 5.26 Å². The second-order valence-corrected chi connectivity index (χ2v) is 6.65. The van der Waals surface area contributed by atoms with Crippen molar-refractivity contribution < 1.29 is 4.52 Å². The van der Waals surface area contributed by atoms with Gasteiger partial charge in [0.1, 0.15) is 17.9 Å². The summed E-state index contributed by atoms with van der Waals surface area (Å²) in [6, 6.07) is 4.18. The molecule has 7 nitrogen and oxygen atoms in total. The van der Waals surface area contributed by atoms with Crippen molar-refractivity contribution in [3.05, 3.63) is 35.1 Å². The Bertz CT molecular complexity index is 791. The van der Waals surface area contributed by atoms with Crippen LogP contribution in [0.1, 0.15) is 47.6 Å². The molecule has 1 saturated heterocycles. The monoisotopic (exact) mass is 324 g/mol. The third-order valence-electron chi connectivity index (χ3n) is 4.88. The zero-order valence-corrected chi connectivity index (χ0v) is 13.9. The van der Waals surface area contributed by atoms with Crippen LogP contribution in [0.2, 0.25) is 0 Å². The van der Waals surface area contributed by atoms with E-state index in [0.29, 0.717) is 23.9 Å². The maximum absolute atomic E-state index is 9.47. The fraction of sp³-hybridized carbons (Fsp3) is 0.529. The van der Waals surface area contributed by atoms with Crippen LogP contribution in [0.3, 0.4) is 0 Å². The normalized spacial score (nSPS) is 21.7. The number of pyridine rings is 1. The summed E-state index contributed by atoms with van der Waals surface area (Å²) in [5.74, 6) is 2.73. The van der Waals surface area contributed by atoms with Gasteiger partial charge in [-0.05, 0) is 38.4 Å². The molecule has 0 bridgehead atoms. The highest BCUT2D eigenvalue weighted by atomic mass is 16.5. The molecule has 4 rings (SSSR count). The Balaban J connectivity index is 1.61. The molecule has 0 spiro atoms. The van der Waals surface area contributed by atoms with Crippen molar-refractivity contribution in [3.8, 4) is 6.07 Å². The summed E-state index contributed by atoms with van der Waals surface area (Å²) >= 11 is 0. The molecule has 3 heterocycles. The Labute approximate surface area is 140 Å². The molecule has 7 heteroatoms. The highest BCUT2D eigenvalue weighted by molar-refractivity contribution is 5.57. The quantitative estimate of drug-likeness (QED) is 0.854. The van der Waals surface area contributed by atoms with Gasteiger partial charge in [-0.15, -0.1) is 0 Å². The maximum Gasteiger partial charge on any atom is 0.245 e. The number of hydrogen-bond acceptors (Lipinski definition) is 7. The van der Waals surface area contributed by atoms with E-state index in [0.717, 1.165) is 43.1 Å². The molecule has 0 radical (unpaired) electrons. The summed E-state index contributed by atoms with van der Waals surface area (Å²) in [5, 5.41) is 13.6. The number of likely N-dealkylation sites (N-methyl/N-ethyl adjacent to an activating group) is 1. The SMILES string of the molecule is Cc1ccnc(N2CCN(C)[C@H](c3nc(C4CC4)no3)C2)c1C#N. The van der Waals surface area contributed by atoms with Gasteiger partial charge < -0.3 is 9.42 Å². The van der Waals surface area contributed by atoms with Crippen molar-refractivity contribution in [1.82, 2.24) is 20.0 Å². The predicted octanol–water partition coefficient (Wildman–Crippen LogP) is 2.02. The van der Waals surface area contributed by atoms with Gasteiger partial charge in [0.25, 0.3) is 0 Å². The molecular weight excluding hydrogens is 304 g/mol. The number of nitrogens with zero attached hydrogens (tertiary/aromatic N) is 6. The second kappa shape index (κ2) is 5.87. The minimum atomic E-state index is 0.0209. The molecule has 2 fully saturated rings. The van der Waals surface area contributed by atoms with Crippen molar-refractivity contribution in [2.45, 2.75) is 31.7 Å². The first-order valence-corrected chi connectivity index (χ1v) is 8.31. The molecule has 24 heavy (non-hydrogen) atoms. The van der Waals surface area contributed by atoms with Gasteiger partial charge in [0, 0.05) is 31.7 Å². The average molecular weight is 324 g/mol. The van der Waals surface area contributed by atoms with Crippen molar-refractivity contribution in [2.75, 3.05) is 31.6 Å². The van der Waals surface area contributed by atoms with Crippen molar-refractivity contribution >= 4 is 5.82 Å². The number of rotatable bonds is 3. The second-order valence-electron chi connectivity index (χ2n) is 6.65. The fourth-order valence-electron chi connectivity index (χ4n) is 3.14. The molecule has 0 unspecified atom stereocenters. The number of anilines is 1. The molecular formula is C17H20N6O. The molecule has 1 saturated carbocycles. The maximum atomic E-state index is 9.47. The summed E-state index contributed by atoms with van der Waals surface area (Å²) in [5.41, 5.74) is 1.59. The minimum Gasteiger partial charge on any atom is -0.352 e. The number of aryl methyl sites for hydroxylation is 1. The van der Waals surface area contributed by atoms with E-state index >= 15 is 0 Å². The van der Waals surface area contributed by atoms with Crippen LogP contribution < -0.4 is 4.90 Å². The van der Waals surface area contributed by atoms with E-state index < -0.39 is 0 Å². The summed E-state index contributed by atoms with van der Waals surface area (Å²) in [6.45, 7) is 4.30. The van der Waals surface area contributed by atoms with Crippen LogP contribution in [0.4, 0.5) is 5.82 Å². The van der Waals surface area contributed by atoms with Gasteiger partial charge in [-0.1, -0.05) is 5.16 Å². The first kappa shape index (κ1) is 15.1. The van der Waals surface area contributed by atoms with E-state index in [-0.39, 0.29) is 6.04 Å². The van der Waals surface area contributed by atoms with Crippen LogP contribution in [0, 0.1) is 18.3 Å². The number of aromatic nitrogens is 3. The van der Waals surface area contributed by atoms with Gasteiger partial charge in [0.2, 0.25) is 5.89 Å². The lowest BCUT2D eigenvalue weighted by molar-refractivity contribution is 0.177. The number of piperazine rings is 1. The van der Waals surface area contributed by atoms with Crippen LogP contribution in [0.15, 0.2) is 16.8 Å². The molecule has 124 valence electrons. The molecule has 0 N–H and O–H groups in total. The number of hydrogen-bond donors (Lipinski definition) is 0. The van der Waals surface area contributed by atoms with Gasteiger partial charge in [-0.25, -0.2) is 4.98 Å². The molecule has 2 aromatic rings. The van der Waals surface area contributed by atoms with Gasteiger partial charge in [0.05, 0.1) is 5.56 Å². The lowest BCUT2D eigenvalue weighted by Crippen LogP contribution is -2.47. The molecule has 0 amide bonds. The van der Waals surface area contributed by atoms with Crippen molar-refractivity contribution in [3.63, 3.8) is 0 Å². The van der Waals surface area contributed by atoms with E-state index in [4.69, 9.17) is 4.52 Å². The van der Waals surface area contributed by atoms with Crippen molar-refractivity contribution in [2.24, 2.45) is 0 Å². The number of nitriles is 1. The third kappa shape index (κ3) is 2.63. The standard InChI is InChI=1S/C17H20N6O/c1-11-5-6-19-16(13(11)9-18)23-8-7-22(2)14(10-23)17-20-15(21-24-17)12-3-4-12/h5-6,12,14H,3-4,7-8,10H2,1-2H3/t14-/m0/s1. The topological polar surface area (TPSA) is 82.1 Å². The van der Waals surface area contributed by atoms with Crippen molar-refractivity contribution in [1.29, 1.82) is 5.26 Å². The molecule has 1 atom stereocenters. The van der Waals surface area contributed by atoms with E-state index in [1.807, 2.05) is 13.0 Å². The van der Waals surface area contributed by atoms with Gasteiger partial charge >= 0.3 is 0 Å². The molecule has 1 aliphatic carbocycles. The largest absolute Gasteiger partial charge is 0.352 e. The first-order chi connectivity index (χ1) is 11.7. The van der Waals surface area contributed by atoms with E-state index in [1.54, 1.807) is 6.20 Å². The van der Waals surface area contributed by atoms with Gasteiger partial charge in [-0.3, -0.25) is 4.90 Å². The Morgan fingerprint density at radius 1 is 1.33 bits per heavy atom. The average Bonchev–Trinajstić information content (AvgIpc) is 3.33. The van der Waals surface area contributed by atoms with Crippen LogP contribution >= 0.6 is 0 Å². The Morgan fingerprint density at radius 2 is 2.17 bits per heavy atom. The molecule has 2 aliphatic rings. The first-order valence-electron chi connectivity index (χ1n) is 8.31. The lowest BCUT2D eigenvalue weighted by atomic mass is 10.1.